The molecule has 2 aromatic rings. The van der Waals surface area contributed by atoms with Crippen LogP contribution in [0.5, 0.6) is 0 Å². The highest BCUT2D eigenvalue weighted by molar-refractivity contribution is 5.40. The molecule has 20 heavy (non-hydrogen) atoms. The van der Waals surface area contributed by atoms with E-state index in [0.29, 0.717) is 18.1 Å². The third kappa shape index (κ3) is 3.09. The van der Waals surface area contributed by atoms with Crippen LogP contribution < -0.4 is 5.32 Å². The van der Waals surface area contributed by atoms with Gasteiger partial charge in [0.2, 0.25) is 0 Å². The SMILES string of the molecule is CCn1ccnc1Cc1cc(C(F)(F)F)cc(NC)n1. The zero-order valence-electron chi connectivity index (χ0n) is 11.2. The second-order valence-electron chi connectivity index (χ2n) is 4.29. The fraction of sp³-hybridized carbons (Fsp3) is 0.385. The number of pyridine rings is 1. The lowest BCUT2D eigenvalue weighted by atomic mass is 10.1. The van der Waals surface area contributed by atoms with Crippen molar-refractivity contribution in [3.05, 3.63) is 41.6 Å². The normalized spacial score (nSPS) is 11.7. The summed E-state index contributed by atoms with van der Waals surface area (Å²) in [7, 11) is 1.54. The molecule has 0 saturated heterocycles. The topological polar surface area (TPSA) is 42.7 Å². The molecule has 0 saturated carbocycles. The highest BCUT2D eigenvalue weighted by Crippen LogP contribution is 2.31. The number of aryl methyl sites for hydroxylation is 1. The molecule has 0 aliphatic carbocycles. The molecule has 7 heteroatoms. The second-order valence-corrected chi connectivity index (χ2v) is 4.29. The van der Waals surface area contributed by atoms with Gasteiger partial charge in [0.1, 0.15) is 11.6 Å². The van der Waals surface area contributed by atoms with Gasteiger partial charge in [-0.2, -0.15) is 13.2 Å². The summed E-state index contributed by atoms with van der Waals surface area (Å²) < 4.78 is 40.4. The quantitative estimate of drug-likeness (QED) is 0.938. The number of hydrogen-bond donors (Lipinski definition) is 1. The van der Waals surface area contributed by atoms with Crippen molar-refractivity contribution in [1.82, 2.24) is 14.5 Å². The van der Waals surface area contributed by atoms with E-state index >= 15 is 0 Å². The average molecular weight is 284 g/mol. The number of nitrogens with one attached hydrogen (secondary N) is 1. The minimum absolute atomic E-state index is 0.199. The first-order valence-electron chi connectivity index (χ1n) is 6.20. The van der Waals surface area contributed by atoms with Crippen LogP contribution in [0, 0.1) is 0 Å². The van der Waals surface area contributed by atoms with Crippen LogP contribution in [-0.2, 0) is 19.1 Å². The van der Waals surface area contributed by atoms with Crippen molar-refractivity contribution in [2.24, 2.45) is 0 Å². The largest absolute Gasteiger partial charge is 0.416 e. The smallest absolute Gasteiger partial charge is 0.373 e. The van der Waals surface area contributed by atoms with Gasteiger partial charge < -0.3 is 9.88 Å². The van der Waals surface area contributed by atoms with E-state index in [-0.39, 0.29) is 12.2 Å². The van der Waals surface area contributed by atoms with Gasteiger partial charge in [-0.15, -0.1) is 0 Å². The predicted molar refractivity (Wildman–Crippen MR) is 69.5 cm³/mol. The predicted octanol–water partition coefficient (Wildman–Crippen LogP) is 2.95. The van der Waals surface area contributed by atoms with Gasteiger partial charge >= 0.3 is 6.18 Å². The summed E-state index contributed by atoms with van der Waals surface area (Å²) in [6, 6.07) is 2.06. The Morgan fingerprint density at radius 3 is 2.65 bits per heavy atom. The van der Waals surface area contributed by atoms with Crippen LogP contribution in [0.2, 0.25) is 0 Å². The van der Waals surface area contributed by atoms with Crippen molar-refractivity contribution in [2.75, 3.05) is 12.4 Å². The monoisotopic (exact) mass is 284 g/mol. The summed E-state index contributed by atoms with van der Waals surface area (Å²) in [5.41, 5.74) is -0.369. The number of nitrogens with zero attached hydrogens (tertiary/aromatic N) is 3. The van der Waals surface area contributed by atoms with Crippen molar-refractivity contribution < 1.29 is 13.2 Å². The Morgan fingerprint density at radius 1 is 1.30 bits per heavy atom. The molecule has 0 unspecified atom stereocenters. The molecule has 0 amide bonds. The number of aromatic nitrogens is 3. The molecule has 1 N–H and O–H groups in total. The fourth-order valence-electron chi connectivity index (χ4n) is 1.93. The molecule has 0 aliphatic heterocycles. The first-order chi connectivity index (χ1) is 9.44. The summed E-state index contributed by atoms with van der Waals surface area (Å²) in [5, 5.41) is 2.65. The van der Waals surface area contributed by atoms with E-state index in [1.807, 2.05) is 11.5 Å². The lowest BCUT2D eigenvalue weighted by Crippen LogP contribution is -2.10. The highest BCUT2D eigenvalue weighted by atomic mass is 19.4. The second kappa shape index (κ2) is 5.52. The molecule has 0 bridgehead atoms. The van der Waals surface area contributed by atoms with Gasteiger partial charge in [-0.1, -0.05) is 0 Å². The Hall–Kier alpha value is -2.05. The summed E-state index contributed by atoms with van der Waals surface area (Å²) in [5.74, 6) is 0.894. The number of halogens is 3. The molecule has 2 rings (SSSR count). The zero-order chi connectivity index (χ0) is 14.8. The number of imidazole rings is 1. The van der Waals surface area contributed by atoms with E-state index in [0.717, 1.165) is 12.1 Å². The average Bonchev–Trinajstić information content (AvgIpc) is 2.84. The number of alkyl halides is 3. The van der Waals surface area contributed by atoms with Gasteiger partial charge in [0.15, 0.2) is 0 Å². The van der Waals surface area contributed by atoms with Crippen molar-refractivity contribution in [3.8, 4) is 0 Å². The van der Waals surface area contributed by atoms with Crippen LogP contribution in [0.1, 0.15) is 24.0 Å². The van der Waals surface area contributed by atoms with Gasteiger partial charge in [0, 0.05) is 32.4 Å². The van der Waals surface area contributed by atoms with Gasteiger partial charge in [0.25, 0.3) is 0 Å². The van der Waals surface area contributed by atoms with Gasteiger partial charge in [-0.25, -0.2) is 9.97 Å². The number of rotatable bonds is 4. The Bertz CT molecular complexity index is 590. The van der Waals surface area contributed by atoms with E-state index in [2.05, 4.69) is 15.3 Å². The molecule has 0 aromatic carbocycles. The minimum atomic E-state index is -4.39. The van der Waals surface area contributed by atoms with Crippen LogP contribution in [-0.4, -0.2) is 21.6 Å². The van der Waals surface area contributed by atoms with E-state index in [4.69, 9.17) is 0 Å². The van der Waals surface area contributed by atoms with E-state index in [1.165, 1.54) is 0 Å². The highest BCUT2D eigenvalue weighted by Gasteiger charge is 2.31. The third-order valence-electron chi connectivity index (χ3n) is 2.94. The third-order valence-corrected chi connectivity index (χ3v) is 2.94. The summed E-state index contributed by atoms with van der Waals surface area (Å²) in [6.45, 7) is 2.66. The number of hydrogen-bond acceptors (Lipinski definition) is 3. The van der Waals surface area contributed by atoms with E-state index in [1.54, 1.807) is 19.4 Å². The summed E-state index contributed by atoms with van der Waals surface area (Å²) in [4.78, 5) is 8.30. The first-order valence-corrected chi connectivity index (χ1v) is 6.20. The maximum absolute atomic E-state index is 12.8. The molecular formula is C13H15F3N4. The molecule has 2 aromatic heterocycles. The molecule has 108 valence electrons. The van der Waals surface area contributed by atoms with Crippen LogP contribution in [0.15, 0.2) is 24.5 Å². The maximum atomic E-state index is 12.8. The van der Waals surface area contributed by atoms with E-state index in [9.17, 15) is 13.2 Å². The molecular weight excluding hydrogens is 269 g/mol. The van der Waals surface area contributed by atoms with Crippen LogP contribution in [0.3, 0.4) is 0 Å². The molecule has 0 aliphatic rings. The number of anilines is 1. The van der Waals surface area contributed by atoms with Gasteiger partial charge in [-0.05, 0) is 19.1 Å². The lowest BCUT2D eigenvalue weighted by molar-refractivity contribution is -0.137. The Kier molecular flexibility index (Phi) is 3.96. The Balaban J connectivity index is 2.36. The standard InChI is InChI=1S/C13H15F3N4/c1-3-20-5-4-18-12(20)8-10-6-9(13(14,15)16)7-11(17-2)19-10/h4-7H,3,8H2,1-2H3,(H,17,19). The summed E-state index contributed by atoms with van der Waals surface area (Å²) in [6.07, 6.45) is -0.698. The van der Waals surface area contributed by atoms with Crippen molar-refractivity contribution in [1.29, 1.82) is 0 Å². The Labute approximate surface area is 114 Å². The zero-order valence-corrected chi connectivity index (χ0v) is 11.2. The first kappa shape index (κ1) is 14.4. The van der Waals surface area contributed by atoms with Crippen molar-refractivity contribution in [3.63, 3.8) is 0 Å². The Morgan fingerprint density at radius 2 is 2.05 bits per heavy atom. The lowest BCUT2D eigenvalue weighted by Gasteiger charge is -2.11. The van der Waals surface area contributed by atoms with E-state index < -0.39 is 11.7 Å². The van der Waals surface area contributed by atoms with Crippen LogP contribution >= 0.6 is 0 Å². The van der Waals surface area contributed by atoms with Crippen LogP contribution in [0.25, 0.3) is 0 Å². The summed E-state index contributed by atoms with van der Waals surface area (Å²) >= 11 is 0. The molecule has 2 heterocycles. The van der Waals surface area contributed by atoms with Crippen LogP contribution in [0.4, 0.5) is 19.0 Å². The maximum Gasteiger partial charge on any atom is 0.416 e. The van der Waals surface area contributed by atoms with Crippen molar-refractivity contribution >= 4 is 5.82 Å². The molecule has 0 spiro atoms. The molecule has 0 radical (unpaired) electrons. The fourth-order valence-corrected chi connectivity index (χ4v) is 1.93. The van der Waals surface area contributed by atoms with Crippen molar-refractivity contribution in [2.45, 2.75) is 26.1 Å². The molecule has 0 fully saturated rings. The molecule has 4 nitrogen and oxygen atoms in total. The van der Waals surface area contributed by atoms with Gasteiger partial charge in [0.05, 0.1) is 11.3 Å². The minimum Gasteiger partial charge on any atom is -0.373 e. The molecule has 0 atom stereocenters. The van der Waals surface area contributed by atoms with Gasteiger partial charge in [-0.3, -0.25) is 0 Å².